The van der Waals surface area contributed by atoms with Crippen molar-refractivity contribution in [1.82, 2.24) is 4.98 Å². The first-order valence-corrected chi connectivity index (χ1v) is 4.62. The molecule has 0 fully saturated rings. The Labute approximate surface area is 83.7 Å². The summed E-state index contributed by atoms with van der Waals surface area (Å²) < 4.78 is 5.17. The molecule has 0 radical (unpaired) electrons. The summed E-state index contributed by atoms with van der Waals surface area (Å²) in [6.45, 7) is 3.22. The van der Waals surface area contributed by atoms with E-state index in [4.69, 9.17) is 14.8 Å². The summed E-state index contributed by atoms with van der Waals surface area (Å²) in [5.41, 5.74) is 1.27. The van der Waals surface area contributed by atoms with Gasteiger partial charge in [-0.25, -0.2) is 0 Å². The third kappa shape index (κ3) is 3.45. The van der Waals surface area contributed by atoms with Gasteiger partial charge in [0.25, 0.3) is 0 Å². The molecule has 1 rings (SSSR count). The van der Waals surface area contributed by atoms with Gasteiger partial charge in [-0.1, -0.05) is 0 Å². The average molecular weight is 195 g/mol. The Kier molecular flexibility index (Phi) is 4.59. The van der Waals surface area contributed by atoms with Gasteiger partial charge in [0.15, 0.2) is 0 Å². The van der Waals surface area contributed by atoms with Gasteiger partial charge in [0.05, 0.1) is 6.61 Å². The lowest BCUT2D eigenvalue weighted by atomic mass is 9.80. The second kappa shape index (κ2) is 5.75. The molecule has 2 N–H and O–H groups in total. The fraction of sp³-hybridized carbons (Fsp3) is 0.444. The van der Waals surface area contributed by atoms with E-state index in [1.54, 1.807) is 18.3 Å². The Bertz CT molecular complexity index is 281. The van der Waals surface area contributed by atoms with Crippen molar-refractivity contribution in [3.8, 4) is 0 Å². The van der Waals surface area contributed by atoms with Crippen LogP contribution in [0.15, 0.2) is 18.3 Å². The number of rotatable bonds is 5. The minimum absolute atomic E-state index is 0.464. The summed E-state index contributed by atoms with van der Waals surface area (Å²) >= 11 is 0. The van der Waals surface area contributed by atoms with E-state index in [0.29, 0.717) is 25.1 Å². The maximum atomic E-state index is 8.92. The van der Waals surface area contributed by atoms with Gasteiger partial charge in [-0.3, -0.25) is 4.98 Å². The summed E-state index contributed by atoms with van der Waals surface area (Å²) in [6.07, 6.45) is 2.25. The van der Waals surface area contributed by atoms with Crippen LogP contribution in [0.3, 0.4) is 0 Å². The molecular weight excluding hydrogens is 181 g/mol. The van der Waals surface area contributed by atoms with Crippen molar-refractivity contribution < 1.29 is 14.8 Å². The molecule has 0 aliphatic rings. The van der Waals surface area contributed by atoms with Crippen molar-refractivity contribution in [2.45, 2.75) is 13.3 Å². The number of ether oxygens (including phenoxy) is 1. The molecule has 0 aromatic carbocycles. The maximum Gasteiger partial charge on any atom is 0.488 e. The van der Waals surface area contributed by atoms with Gasteiger partial charge in [-0.05, 0) is 24.5 Å². The lowest BCUT2D eigenvalue weighted by Gasteiger charge is -2.03. The van der Waals surface area contributed by atoms with Gasteiger partial charge in [-0.15, -0.1) is 0 Å². The van der Waals surface area contributed by atoms with E-state index in [2.05, 4.69) is 4.98 Å². The first kappa shape index (κ1) is 11.2. The Morgan fingerprint density at radius 1 is 1.50 bits per heavy atom. The van der Waals surface area contributed by atoms with Crippen LogP contribution in [0.25, 0.3) is 0 Å². The van der Waals surface area contributed by atoms with Crippen molar-refractivity contribution in [1.29, 1.82) is 0 Å². The van der Waals surface area contributed by atoms with Gasteiger partial charge >= 0.3 is 7.12 Å². The molecule has 0 saturated carbocycles. The zero-order valence-corrected chi connectivity index (χ0v) is 8.18. The van der Waals surface area contributed by atoms with Crippen molar-refractivity contribution in [3.05, 3.63) is 24.0 Å². The normalized spacial score (nSPS) is 10.2. The SMILES string of the molecule is CCOCCc1cc(B(O)O)ccn1. The van der Waals surface area contributed by atoms with Gasteiger partial charge < -0.3 is 14.8 Å². The largest absolute Gasteiger partial charge is 0.488 e. The number of hydrogen-bond acceptors (Lipinski definition) is 4. The average Bonchev–Trinajstić information content (AvgIpc) is 2.19. The minimum atomic E-state index is -1.43. The van der Waals surface area contributed by atoms with Gasteiger partial charge in [0.1, 0.15) is 0 Å². The lowest BCUT2D eigenvalue weighted by Crippen LogP contribution is -2.30. The van der Waals surface area contributed by atoms with Crippen LogP contribution in [0, 0.1) is 0 Å². The Morgan fingerprint density at radius 3 is 2.93 bits per heavy atom. The number of pyridine rings is 1. The smallest absolute Gasteiger partial charge is 0.423 e. The van der Waals surface area contributed by atoms with Gasteiger partial charge in [0.2, 0.25) is 0 Å². The molecule has 0 aliphatic carbocycles. The number of hydrogen-bond donors (Lipinski definition) is 2. The third-order valence-electron chi connectivity index (χ3n) is 1.85. The van der Waals surface area contributed by atoms with E-state index in [9.17, 15) is 0 Å². The molecule has 0 aliphatic heterocycles. The topological polar surface area (TPSA) is 62.6 Å². The Hall–Kier alpha value is -0.905. The molecule has 5 heteroatoms. The van der Waals surface area contributed by atoms with Crippen LogP contribution in [0.2, 0.25) is 0 Å². The second-order valence-corrected chi connectivity index (χ2v) is 2.90. The quantitative estimate of drug-likeness (QED) is 0.483. The van der Waals surface area contributed by atoms with E-state index in [1.807, 2.05) is 6.92 Å². The summed E-state index contributed by atoms with van der Waals surface area (Å²) in [5.74, 6) is 0. The number of nitrogens with zero attached hydrogens (tertiary/aromatic N) is 1. The molecule has 4 nitrogen and oxygen atoms in total. The minimum Gasteiger partial charge on any atom is -0.423 e. The molecule has 0 atom stereocenters. The zero-order valence-electron chi connectivity index (χ0n) is 8.18. The fourth-order valence-electron chi connectivity index (χ4n) is 1.12. The molecule has 0 bridgehead atoms. The van der Waals surface area contributed by atoms with E-state index < -0.39 is 7.12 Å². The summed E-state index contributed by atoms with van der Waals surface area (Å²) in [4.78, 5) is 4.09. The number of aromatic nitrogens is 1. The fourth-order valence-corrected chi connectivity index (χ4v) is 1.12. The standard InChI is InChI=1S/C9H14BNO3/c1-2-14-6-4-9-7-8(10(12)13)3-5-11-9/h3,5,7,12-13H,2,4,6H2,1H3. The van der Waals surface area contributed by atoms with E-state index in [1.165, 1.54) is 0 Å². The van der Waals surface area contributed by atoms with Crippen LogP contribution in [-0.2, 0) is 11.2 Å². The van der Waals surface area contributed by atoms with Crippen LogP contribution >= 0.6 is 0 Å². The van der Waals surface area contributed by atoms with Gasteiger partial charge in [0, 0.05) is 24.9 Å². The third-order valence-corrected chi connectivity index (χ3v) is 1.85. The van der Waals surface area contributed by atoms with Crippen LogP contribution in [0.1, 0.15) is 12.6 Å². The molecule has 1 aromatic rings. The highest BCUT2D eigenvalue weighted by molar-refractivity contribution is 6.58. The highest BCUT2D eigenvalue weighted by Crippen LogP contribution is 1.94. The monoisotopic (exact) mass is 195 g/mol. The van der Waals surface area contributed by atoms with Crippen molar-refractivity contribution in [2.75, 3.05) is 13.2 Å². The molecule has 76 valence electrons. The Balaban J connectivity index is 2.55. The molecule has 14 heavy (non-hydrogen) atoms. The Morgan fingerprint density at radius 2 is 2.29 bits per heavy atom. The van der Waals surface area contributed by atoms with Crippen molar-refractivity contribution >= 4 is 12.6 Å². The van der Waals surface area contributed by atoms with E-state index in [0.717, 1.165) is 5.69 Å². The maximum absolute atomic E-state index is 8.92. The van der Waals surface area contributed by atoms with Crippen molar-refractivity contribution in [3.63, 3.8) is 0 Å². The summed E-state index contributed by atoms with van der Waals surface area (Å²) in [5, 5.41) is 17.8. The predicted molar refractivity (Wildman–Crippen MR) is 54.3 cm³/mol. The van der Waals surface area contributed by atoms with Crippen LogP contribution in [-0.4, -0.2) is 35.4 Å². The van der Waals surface area contributed by atoms with Gasteiger partial charge in [-0.2, -0.15) is 0 Å². The van der Waals surface area contributed by atoms with E-state index in [-0.39, 0.29) is 0 Å². The first-order valence-electron chi connectivity index (χ1n) is 4.62. The second-order valence-electron chi connectivity index (χ2n) is 2.90. The molecule has 1 aromatic heterocycles. The van der Waals surface area contributed by atoms with Crippen molar-refractivity contribution in [2.24, 2.45) is 0 Å². The van der Waals surface area contributed by atoms with Crippen LogP contribution < -0.4 is 5.46 Å². The predicted octanol–water partition coefficient (Wildman–Crippen LogP) is -0.660. The van der Waals surface area contributed by atoms with E-state index >= 15 is 0 Å². The molecule has 0 saturated heterocycles. The molecule has 1 heterocycles. The molecular formula is C9H14BNO3. The lowest BCUT2D eigenvalue weighted by molar-refractivity contribution is 0.150. The first-order chi connectivity index (χ1) is 6.74. The highest BCUT2D eigenvalue weighted by Gasteiger charge is 2.10. The highest BCUT2D eigenvalue weighted by atomic mass is 16.5. The molecule has 0 spiro atoms. The van der Waals surface area contributed by atoms with Crippen LogP contribution in [0.5, 0.6) is 0 Å². The summed E-state index contributed by atoms with van der Waals surface area (Å²) in [6, 6.07) is 3.25. The zero-order chi connectivity index (χ0) is 10.4. The molecule has 0 unspecified atom stereocenters. The van der Waals surface area contributed by atoms with Crippen LogP contribution in [0.4, 0.5) is 0 Å². The summed E-state index contributed by atoms with van der Waals surface area (Å²) in [7, 11) is -1.43. The molecule has 0 amide bonds.